The zero-order chi connectivity index (χ0) is 14.0. The standard InChI is InChI=1S/C14H25N5/c1-4-19-12(9-11(2)17-19)10-18-7-5-14(3,6-8-18)13(15)16/h9H,4-8,10H2,1-3H3,(H3,15,16). The smallest absolute Gasteiger partial charge is 0.0966 e. The van der Waals surface area contributed by atoms with Crippen LogP contribution in [0.25, 0.3) is 0 Å². The second-order valence-electron chi connectivity index (χ2n) is 5.84. The van der Waals surface area contributed by atoms with E-state index in [-0.39, 0.29) is 5.41 Å². The number of hydrogen-bond acceptors (Lipinski definition) is 3. The van der Waals surface area contributed by atoms with Crippen LogP contribution in [0.5, 0.6) is 0 Å². The van der Waals surface area contributed by atoms with Gasteiger partial charge in [-0.25, -0.2) is 0 Å². The van der Waals surface area contributed by atoms with E-state index in [9.17, 15) is 0 Å². The van der Waals surface area contributed by atoms with E-state index in [1.54, 1.807) is 0 Å². The van der Waals surface area contributed by atoms with Gasteiger partial charge in [-0.15, -0.1) is 0 Å². The first kappa shape index (κ1) is 14.1. The van der Waals surface area contributed by atoms with Gasteiger partial charge in [0.2, 0.25) is 0 Å². The number of piperidine rings is 1. The summed E-state index contributed by atoms with van der Waals surface area (Å²) in [5.41, 5.74) is 7.97. The molecule has 1 saturated heterocycles. The van der Waals surface area contributed by atoms with Crippen molar-refractivity contribution in [3.63, 3.8) is 0 Å². The van der Waals surface area contributed by atoms with Crippen LogP contribution in [0, 0.1) is 17.7 Å². The Morgan fingerprint density at radius 3 is 2.63 bits per heavy atom. The van der Waals surface area contributed by atoms with E-state index in [1.165, 1.54) is 5.69 Å². The van der Waals surface area contributed by atoms with Gasteiger partial charge >= 0.3 is 0 Å². The Labute approximate surface area is 115 Å². The van der Waals surface area contributed by atoms with Crippen molar-refractivity contribution in [1.29, 1.82) is 5.41 Å². The molecule has 1 aromatic rings. The van der Waals surface area contributed by atoms with Crippen LogP contribution < -0.4 is 5.73 Å². The number of nitrogens with one attached hydrogen (secondary N) is 1. The SMILES string of the molecule is CCn1nc(C)cc1CN1CCC(C)(C(=N)N)CC1. The summed E-state index contributed by atoms with van der Waals surface area (Å²) >= 11 is 0. The molecule has 0 unspecified atom stereocenters. The molecule has 1 fully saturated rings. The molecule has 0 bridgehead atoms. The summed E-state index contributed by atoms with van der Waals surface area (Å²) in [5.74, 6) is 0.335. The van der Waals surface area contributed by atoms with Crippen LogP contribution in [0.1, 0.15) is 38.1 Å². The number of hydrogen-bond donors (Lipinski definition) is 2. The fraction of sp³-hybridized carbons (Fsp3) is 0.714. The van der Waals surface area contributed by atoms with E-state index in [1.807, 2.05) is 6.92 Å². The van der Waals surface area contributed by atoms with Crippen molar-refractivity contribution in [2.45, 2.75) is 46.7 Å². The molecule has 3 N–H and O–H groups in total. The highest BCUT2D eigenvalue weighted by Crippen LogP contribution is 2.31. The van der Waals surface area contributed by atoms with Gasteiger partial charge in [-0.05, 0) is 45.8 Å². The molecule has 0 atom stereocenters. The summed E-state index contributed by atoms with van der Waals surface area (Å²) in [6.07, 6.45) is 1.95. The first-order valence-corrected chi connectivity index (χ1v) is 7.05. The third-order valence-corrected chi connectivity index (χ3v) is 4.28. The minimum absolute atomic E-state index is 0.0998. The van der Waals surface area contributed by atoms with Crippen LogP contribution >= 0.6 is 0 Å². The van der Waals surface area contributed by atoms with Crippen molar-refractivity contribution in [3.05, 3.63) is 17.5 Å². The van der Waals surface area contributed by atoms with Gasteiger partial charge in [-0.3, -0.25) is 15.0 Å². The molecule has 5 nitrogen and oxygen atoms in total. The fourth-order valence-electron chi connectivity index (χ4n) is 2.70. The maximum atomic E-state index is 7.68. The van der Waals surface area contributed by atoms with E-state index in [4.69, 9.17) is 11.1 Å². The molecule has 106 valence electrons. The summed E-state index contributed by atoms with van der Waals surface area (Å²) in [4.78, 5) is 2.44. The molecule has 19 heavy (non-hydrogen) atoms. The summed E-state index contributed by atoms with van der Waals surface area (Å²) in [6.45, 7) is 10.1. The van der Waals surface area contributed by atoms with E-state index in [0.29, 0.717) is 5.84 Å². The van der Waals surface area contributed by atoms with Crippen LogP contribution in [-0.4, -0.2) is 33.6 Å². The molecule has 5 heteroatoms. The predicted molar refractivity (Wildman–Crippen MR) is 77.2 cm³/mol. The molecular weight excluding hydrogens is 238 g/mol. The normalized spacial score (nSPS) is 19.5. The Hall–Kier alpha value is -1.36. The molecule has 0 spiro atoms. The van der Waals surface area contributed by atoms with Crippen LogP contribution in [0.2, 0.25) is 0 Å². The Morgan fingerprint density at radius 2 is 2.11 bits per heavy atom. The molecule has 1 aliphatic rings. The van der Waals surface area contributed by atoms with Crippen LogP contribution in [-0.2, 0) is 13.1 Å². The Bertz CT molecular complexity index is 454. The van der Waals surface area contributed by atoms with Crippen LogP contribution in [0.3, 0.4) is 0 Å². The van der Waals surface area contributed by atoms with Crippen molar-refractivity contribution in [3.8, 4) is 0 Å². The number of aryl methyl sites for hydroxylation is 2. The van der Waals surface area contributed by atoms with E-state index in [2.05, 4.69) is 34.6 Å². The summed E-state index contributed by atoms with van der Waals surface area (Å²) < 4.78 is 2.08. The highest BCUT2D eigenvalue weighted by atomic mass is 15.3. The first-order valence-electron chi connectivity index (χ1n) is 7.05. The molecule has 1 aromatic heterocycles. The van der Waals surface area contributed by atoms with Crippen molar-refractivity contribution in [2.24, 2.45) is 11.1 Å². The first-order chi connectivity index (χ1) is 8.94. The van der Waals surface area contributed by atoms with Crippen molar-refractivity contribution in [2.75, 3.05) is 13.1 Å². The molecule has 2 heterocycles. The lowest BCUT2D eigenvalue weighted by molar-refractivity contribution is 0.152. The zero-order valence-corrected chi connectivity index (χ0v) is 12.2. The Balaban J connectivity index is 1.97. The minimum atomic E-state index is -0.0998. The molecule has 0 amide bonds. The summed E-state index contributed by atoms with van der Waals surface area (Å²) in [5, 5.41) is 12.2. The maximum Gasteiger partial charge on any atom is 0.0966 e. The Kier molecular flexibility index (Phi) is 3.94. The average Bonchev–Trinajstić information content (AvgIpc) is 2.72. The van der Waals surface area contributed by atoms with E-state index >= 15 is 0 Å². The highest BCUT2D eigenvalue weighted by molar-refractivity contribution is 5.83. The third kappa shape index (κ3) is 2.97. The van der Waals surface area contributed by atoms with Gasteiger partial charge in [0.25, 0.3) is 0 Å². The molecule has 2 rings (SSSR count). The highest BCUT2D eigenvalue weighted by Gasteiger charge is 2.32. The molecule has 0 saturated carbocycles. The van der Waals surface area contributed by atoms with Gasteiger partial charge in [0.15, 0.2) is 0 Å². The van der Waals surface area contributed by atoms with Crippen LogP contribution in [0.4, 0.5) is 0 Å². The number of aromatic nitrogens is 2. The summed E-state index contributed by atoms with van der Waals surface area (Å²) in [6, 6.07) is 2.17. The molecular formula is C14H25N5. The van der Waals surface area contributed by atoms with Gasteiger partial charge < -0.3 is 5.73 Å². The zero-order valence-electron chi connectivity index (χ0n) is 12.2. The van der Waals surface area contributed by atoms with Crippen molar-refractivity contribution in [1.82, 2.24) is 14.7 Å². The lowest BCUT2D eigenvalue weighted by Crippen LogP contribution is -2.45. The second kappa shape index (κ2) is 5.33. The maximum absolute atomic E-state index is 7.68. The summed E-state index contributed by atoms with van der Waals surface area (Å²) in [7, 11) is 0. The molecule has 0 aromatic carbocycles. The average molecular weight is 263 g/mol. The second-order valence-corrected chi connectivity index (χ2v) is 5.84. The fourth-order valence-corrected chi connectivity index (χ4v) is 2.70. The van der Waals surface area contributed by atoms with Gasteiger partial charge in [0, 0.05) is 18.5 Å². The van der Waals surface area contributed by atoms with Crippen LogP contribution in [0.15, 0.2) is 6.07 Å². The van der Waals surface area contributed by atoms with Gasteiger partial charge in [0.1, 0.15) is 0 Å². The van der Waals surface area contributed by atoms with Crippen molar-refractivity contribution < 1.29 is 0 Å². The number of amidine groups is 1. The number of likely N-dealkylation sites (tertiary alicyclic amines) is 1. The monoisotopic (exact) mass is 263 g/mol. The number of rotatable bonds is 4. The molecule has 0 radical (unpaired) electrons. The lowest BCUT2D eigenvalue weighted by Gasteiger charge is -2.38. The minimum Gasteiger partial charge on any atom is -0.387 e. The van der Waals surface area contributed by atoms with E-state index < -0.39 is 0 Å². The topological polar surface area (TPSA) is 70.9 Å². The van der Waals surface area contributed by atoms with Gasteiger partial charge in [-0.2, -0.15) is 5.10 Å². The lowest BCUT2D eigenvalue weighted by atomic mass is 9.79. The number of nitrogens with zero attached hydrogens (tertiary/aromatic N) is 3. The van der Waals surface area contributed by atoms with Crippen molar-refractivity contribution >= 4 is 5.84 Å². The third-order valence-electron chi connectivity index (χ3n) is 4.28. The predicted octanol–water partition coefficient (Wildman–Crippen LogP) is 1.75. The van der Waals surface area contributed by atoms with Gasteiger partial charge in [-0.1, -0.05) is 6.92 Å². The molecule has 0 aliphatic carbocycles. The molecule has 1 aliphatic heterocycles. The quantitative estimate of drug-likeness (QED) is 0.642. The number of nitrogens with two attached hydrogens (primary N) is 1. The Morgan fingerprint density at radius 1 is 1.47 bits per heavy atom. The van der Waals surface area contributed by atoms with E-state index in [0.717, 1.165) is 44.7 Å². The largest absolute Gasteiger partial charge is 0.387 e. The van der Waals surface area contributed by atoms with Gasteiger partial charge in [0.05, 0.1) is 17.2 Å².